The molecule has 1 amide bonds. The van der Waals surface area contributed by atoms with Gasteiger partial charge in [-0.1, -0.05) is 29.3 Å². The van der Waals surface area contributed by atoms with Crippen molar-refractivity contribution in [1.29, 1.82) is 0 Å². The molecule has 0 bridgehead atoms. The van der Waals surface area contributed by atoms with E-state index in [0.29, 0.717) is 46.0 Å². The van der Waals surface area contributed by atoms with Crippen LogP contribution in [0.3, 0.4) is 0 Å². The summed E-state index contributed by atoms with van der Waals surface area (Å²) in [6.45, 7) is 1.08. The molecular formula is C19H14Cl2N4O2. The van der Waals surface area contributed by atoms with E-state index in [1.807, 2.05) is 12.1 Å². The van der Waals surface area contributed by atoms with E-state index >= 15 is 0 Å². The van der Waals surface area contributed by atoms with Crippen LogP contribution in [0.4, 0.5) is 5.82 Å². The first-order chi connectivity index (χ1) is 13.1. The number of nitrogens with zero attached hydrogens (tertiary/aromatic N) is 3. The van der Waals surface area contributed by atoms with E-state index in [0.717, 1.165) is 5.69 Å². The summed E-state index contributed by atoms with van der Waals surface area (Å²) in [5.41, 5.74) is 1.79. The van der Waals surface area contributed by atoms with Gasteiger partial charge < -0.3 is 10.1 Å². The van der Waals surface area contributed by atoms with E-state index in [4.69, 9.17) is 27.9 Å². The van der Waals surface area contributed by atoms with Crippen molar-refractivity contribution in [3.63, 3.8) is 0 Å². The van der Waals surface area contributed by atoms with E-state index in [-0.39, 0.29) is 5.91 Å². The van der Waals surface area contributed by atoms with Crippen molar-refractivity contribution in [3.8, 4) is 5.69 Å². The minimum atomic E-state index is -0.312. The Morgan fingerprint density at radius 1 is 1.11 bits per heavy atom. The average Bonchev–Trinajstić information content (AvgIpc) is 3.32. The average molecular weight is 401 g/mol. The molecule has 8 heteroatoms. The van der Waals surface area contributed by atoms with Gasteiger partial charge in [0, 0.05) is 15.6 Å². The molecule has 0 aliphatic carbocycles. The molecule has 1 aliphatic rings. The number of anilines is 1. The van der Waals surface area contributed by atoms with E-state index in [1.165, 1.54) is 0 Å². The van der Waals surface area contributed by atoms with Crippen molar-refractivity contribution in [2.24, 2.45) is 4.99 Å². The third-order valence-electron chi connectivity index (χ3n) is 3.98. The molecule has 6 nitrogen and oxygen atoms in total. The Balaban J connectivity index is 1.75. The van der Waals surface area contributed by atoms with Crippen molar-refractivity contribution in [2.75, 3.05) is 18.5 Å². The second-order valence-corrected chi connectivity index (χ2v) is 6.67. The van der Waals surface area contributed by atoms with Crippen molar-refractivity contribution in [3.05, 3.63) is 75.9 Å². The molecule has 0 saturated carbocycles. The molecule has 136 valence electrons. The summed E-state index contributed by atoms with van der Waals surface area (Å²) in [6.07, 6.45) is 1.62. The van der Waals surface area contributed by atoms with Crippen molar-refractivity contribution >= 4 is 40.8 Å². The second kappa shape index (κ2) is 7.42. The van der Waals surface area contributed by atoms with Crippen LogP contribution in [-0.2, 0) is 4.74 Å². The summed E-state index contributed by atoms with van der Waals surface area (Å²) >= 11 is 12.0. The Morgan fingerprint density at radius 2 is 1.93 bits per heavy atom. The number of aliphatic imine (C=N–C) groups is 1. The zero-order valence-electron chi connectivity index (χ0n) is 14.0. The molecule has 2 heterocycles. The predicted octanol–water partition coefficient (Wildman–Crippen LogP) is 4.21. The second-order valence-electron chi connectivity index (χ2n) is 5.79. The smallest absolute Gasteiger partial charge is 0.256 e. The molecule has 3 aromatic rings. The van der Waals surface area contributed by atoms with Gasteiger partial charge in [0.1, 0.15) is 12.4 Å². The van der Waals surface area contributed by atoms with Gasteiger partial charge in [-0.05, 0) is 42.5 Å². The Kier molecular flexibility index (Phi) is 4.83. The van der Waals surface area contributed by atoms with Gasteiger partial charge >= 0.3 is 0 Å². The van der Waals surface area contributed by atoms with Gasteiger partial charge in [0.05, 0.1) is 24.0 Å². The van der Waals surface area contributed by atoms with Crippen molar-refractivity contribution in [1.82, 2.24) is 9.78 Å². The van der Waals surface area contributed by atoms with Crippen LogP contribution in [0.15, 0.2) is 59.7 Å². The Bertz CT molecular complexity index is 1030. The Hall–Kier alpha value is -2.83. The van der Waals surface area contributed by atoms with Crippen LogP contribution in [-0.4, -0.2) is 34.7 Å². The lowest BCUT2D eigenvalue weighted by molar-refractivity contribution is 0.102. The van der Waals surface area contributed by atoms with E-state index in [1.54, 1.807) is 47.3 Å². The molecule has 1 aromatic heterocycles. The van der Waals surface area contributed by atoms with Crippen LogP contribution in [0.1, 0.15) is 15.9 Å². The molecule has 0 radical (unpaired) electrons. The molecule has 0 atom stereocenters. The highest BCUT2D eigenvalue weighted by atomic mass is 35.5. The summed E-state index contributed by atoms with van der Waals surface area (Å²) in [7, 11) is 0. The van der Waals surface area contributed by atoms with Crippen LogP contribution >= 0.6 is 23.2 Å². The summed E-state index contributed by atoms with van der Waals surface area (Å²) in [6, 6.07) is 13.9. The minimum absolute atomic E-state index is 0.312. The number of rotatable bonds is 4. The standard InChI is InChI=1S/C19H14Cl2N4O2/c20-13-4-6-15(7-5-13)25-17(16(11-23-25)19-22-8-9-27-19)24-18(26)12-2-1-3-14(21)10-12/h1-7,10-11H,8-9H2,(H,24,26). The number of hydrogen-bond donors (Lipinski definition) is 1. The van der Waals surface area contributed by atoms with Gasteiger partial charge in [-0.15, -0.1) is 0 Å². The molecule has 1 aliphatic heterocycles. The number of carbonyl (C=O) groups is 1. The lowest BCUT2D eigenvalue weighted by Gasteiger charge is -2.12. The molecule has 2 aromatic carbocycles. The third kappa shape index (κ3) is 3.67. The van der Waals surface area contributed by atoms with Gasteiger partial charge in [0.2, 0.25) is 5.90 Å². The number of hydrogen-bond acceptors (Lipinski definition) is 4. The molecule has 4 rings (SSSR count). The molecule has 0 unspecified atom stereocenters. The molecule has 1 N–H and O–H groups in total. The normalized spacial score (nSPS) is 13.2. The number of amides is 1. The summed E-state index contributed by atoms with van der Waals surface area (Å²) < 4.78 is 7.17. The van der Waals surface area contributed by atoms with E-state index in [9.17, 15) is 4.79 Å². The highest BCUT2D eigenvalue weighted by Crippen LogP contribution is 2.25. The maximum atomic E-state index is 12.8. The number of carbonyl (C=O) groups excluding carboxylic acids is 1. The van der Waals surface area contributed by atoms with Crippen LogP contribution in [0.25, 0.3) is 5.69 Å². The lowest BCUT2D eigenvalue weighted by Crippen LogP contribution is -2.17. The fourth-order valence-corrected chi connectivity index (χ4v) is 3.03. The first kappa shape index (κ1) is 17.6. The first-order valence-corrected chi connectivity index (χ1v) is 8.96. The fraction of sp³-hybridized carbons (Fsp3) is 0.105. The van der Waals surface area contributed by atoms with Gasteiger partial charge in [0.25, 0.3) is 5.91 Å². The Morgan fingerprint density at radius 3 is 2.63 bits per heavy atom. The number of benzene rings is 2. The van der Waals surface area contributed by atoms with Gasteiger partial charge in [-0.3, -0.25) is 4.79 Å². The number of halogens is 2. The van der Waals surface area contributed by atoms with E-state index in [2.05, 4.69) is 15.4 Å². The van der Waals surface area contributed by atoms with Crippen molar-refractivity contribution in [2.45, 2.75) is 0 Å². The summed E-state index contributed by atoms with van der Waals surface area (Å²) in [5, 5.41) is 8.39. The maximum absolute atomic E-state index is 12.8. The van der Waals surface area contributed by atoms with Crippen molar-refractivity contribution < 1.29 is 9.53 Å². The van der Waals surface area contributed by atoms with Gasteiger partial charge in [0.15, 0.2) is 0 Å². The van der Waals surface area contributed by atoms with Crippen LogP contribution in [0, 0.1) is 0 Å². The number of aromatic nitrogens is 2. The van der Waals surface area contributed by atoms with Gasteiger partial charge in [-0.25, -0.2) is 9.67 Å². The lowest BCUT2D eigenvalue weighted by atomic mass is 10.2. The monoisotopic (exact) mass is 400 g/mol. The topological polar surface area (TPSA) is 68.5 Å². The molecular weight excluding hydrogens is 387 g/mol. The molecule has 0 fully saturated rings. The molecule has 27 heavy (non-hydrogen) atoms. The SMILES string of the molecule is O=C(Nc1c(C2=NCCO2)cnn1-c1ccc(Cl)cc1)c1cccc(Cl)c1. The molecule has 0 spiro atoms. The number of ether oxygens (including phenoxy) is 1. The fourth-order valence-electron chi connectivity index (χ4n) is 2.71. The zero-order chi connectivity index (χ0) is 18.8. The summed E-state index contributed by atoms with van der Waals surface area (Å²) in [4.78, 5) is 17.1. The van der Waals surface area contributed by atoms with E-state index < -0.39 is 0 Å². The zero-order valence-corrected chi connectivity index (χ0v) is 15.5. The summed E-state index contributed by atoms with van der Waals surface area (Å²) in [5.74, 6) is 0.604. The number of nitrogens with one attached hydrogen (secondary N) is 1. The highest BCUT2D eigenvalue weighted by molar-refractivity contribution is 6.31. The minimum Gasteiger partial charge on any atom is -0.475 e. The maximum Gasteiger partial charge on any atom is 0.256 e. The highest BCUT2D eigenvalue weighted by Gasteiger charge is 2.22. The largest absolute Gasteiger partial charge is 0.475 e. The third-order valence-corrected chi connectivity index (χ3v) is 4.46. The van der Waals surface area contributed by atoms with Gasteiger partial charge in [-0.2, -0.15) is 5.10 Å². The van der Waals surface area contributed by atoms with Crippen LogP contribution in [0.5, 0.6) is 0 Å². The predicted molar refractivity (Wildman–Crippen MR) is 105 cm³/mol. The molecule has 0 saturated heterocycles. The van der Waals surface area contributed by atoms with Crippen LogP contribution in [0.2, 0.25) is 10.0 Å². The quantitative estimate of drug-likeness (QED) is 0.712. The Labute approximate surface area is 165 Å². The van der Waals surface area contributed by atoms with Crippen LogP contribution < -0.4 is 5.32 Å². The first-order valence-electron chi connectivity index (χ1n) is 8.20.